The van der Waals surface area contributed by atoms with E-state index in [1.54, 1.807) is 29.5 Å². The summed E-state index contributed by atoms with van der Waals surface area (Å²) < 4.78 is 0. The van der Waals surface area contributed by atoms with Gasteiger partial charge in [0.25, 0.3) is 5.69 Å². The van der Waals surface area contributed by atoms with Crippen LogP contribution in [0.5, 0.6) is 0 Å². The SMILES string of the molecule is CC(N[C@@H](C)c1cccs1)c1ccccc1[N+](=O)[O-]. The minimum absolute atomic E-state index is 0.0706. The van der Waals surface area contributed by atoms with E-state index >= 15 is 0 Å². The first-order valence-electron chi connectivity index (χ1n) is 6.12. The smallest absolute Gasteiger partial charge is 0.274 e. The molecule has 1 heterocycles. The molecule has 4 nitrogen and oxygen atoms in total. The summed E-state index contributed by atoms with van der Waals surface area (Å²) in [6.07, 6.45) is 0. The summed E-state index contributed by atoms with van der Waals surface area (Å²) in [5, 5.41) is 16.5. The highest BCUT2D eigenvalue weighted by molar-refractivity contribution is 7.10. The zero-order valence-electron chi connectivity index (χ0n) is 10.9. The molecule has 2 rings (SSSR count). The second kappa shape index (κ2) is 5.95. The van der Waals surface area contributed by atoms with Gasteiger partial charge < -0.3 is 5.32 Å². The molecule has 0 amide bonds. The van der Waals surface area contributed by atoms with Crippen LogP contribution < -0.4 is 5.32 Å². The fourth-order valence-electron chi connectivity index (χ4n) is 2.10. The second-order valence-corrected chi connectivity index (χ2v) is 5.42. The fourth-order valence-corrected chi connectivity index (χ4v) is 2.85. The Balaban J connectivity index is 2.16. The zero-order valence-corrected chi connectivity index (χ0v) is 11.7. The summed E-state index contributed by atoms with van der Waals surface area (Å²) >= 11 is 1.68. The van der Waals surface area contributed by atoms with Crippen molar-refractivity contribution in [3.8, 4) is 0 Å². The van der Waals surface area contributed by atoms with Gasteiger partial charge in [-0.15, -0.1) is 11.3 Å². The molecular formula is C14H16N2O2S. The Morgan fingerprint density at radius 1 is 1.16 bits per heavy atom. The molecule has 0 aliphatic carbocycles. The topological polar surface area (TPSA) is 55.2 Å². The lowest BCUT2D eigenvalue weighted by Gasteiger charge is -2.19. The van der Waals surface area contributed by atoms with Gasteiger partial charge in [-0.1, -0.05) is 24.3 Å². The molecule has 100 valence electrons. The molecule has 0 fully saturated rings. The van der Waals surface area contributed by atoms with Gasteiger partial charge in [-0.2, -0.15) is 0 Å². The zero-order chi connectivity index (χ0) is 13.8. The third kappa shape index (κ3) is 3.19. The van der Waals surface area contributed by atoms with Crippen LogP contribution in [0.1, 0.15) is 36.4 Å². The second-order valence-electron chi connectivity index (χ2n) is 4.44. The van der Waals surface area contributed by atoms with Crippen LogP contribution in [-0.2, 0) is 0 Å². The molecule has 19 heavy (non-hydrogen) atoms. The molecular weight excluding hydrogens is 260 g/mol. The van der Waals surface area contributed by atoms with Crippen molar-refractivity contribution in [1.29, 1.82) is 0 Å². The van der Waals surface area contributed by atoms with Crippen LogP contribution >= 0.6 is 11.3 Å². The lowest BCUT2D eigenvalue weighted by Crippen LogP contribution is -2.22. The van der Waals surface area contributed by atoms with Crippen molar-refractivity contribution >= 4 is 17.0 Å². The lowest BCUT2D eigenvalue weighted by molar-refractivity contribution is -0.385. The van der Waals surface area contributed by atoms with Crippen LogP contribution in [0.15, 0.2) is 41.8 Å². The van der Waals surface area contributed by atoms with Gasteiger partial charge in [-0.25, -0.2) is 0 Å². The molecule has 0 saturated carbocycles. The number of nitrogens with zero attached hydrogens (tertiary/aromatic N) is 1. The Labute approximate surface area is 116 Å². The van der Waals surface area contributed by atoms with E-state index in [9.17, 15) is 10.1 Å². The van der Waals surface area contributed by atoms with E-state index in [0.29, 0.717) is 0 Å². The number of nitrogens with one attached hydrogen (secondary N) is 1. The lowest BCUT2D eigenvalue weighted by atomic mass is 10.1. The number of hydrogen-bond acceptors (Lipinski definition) is 4. The van der Waals surface area contributed by atoms with Crippen molar-refractivity contribution < 1.29 is 4.92 Å². The molecule has 2 atom stereocenters. The normalized spacial score (nSPS) is 14.0. The van der Waals surface area contributed by atoms with Crippen molar-refractivity contribution in [3.63, 3.8) is 0 Å². The van der Waals surface area contributed by atoms with Crippen molar-refractivity contribution in [3.05, 3.63) is 62.3 Å². The van der Waals surface area contributed by atoms with Crippen LogP contribution in [0, 0.1) is 10.1 Å². The van der Waals surface area contributed by atoms with Gasteiger partial charge in [-0.05, 0) is 25.3 Å². The first-order chi connectivity index (χ1) is 9.09. The number of thiophene rings is 1. The van der Waals surface area contributed by atoms with Gasteiger partial charge >= 0.3 is 0 Å². The molecule has 0 aliphatic heterocycles. The van der Waals surface area contributed by atoms with E-state index in [4.69, 9.17) is 0 Å². The van der Waals surface area contributed by atoms with Crippen molar-refractivity contribution in [2.45, 2.75) is 25.9 Å². The van der Waals surface area contributed by atoms with Crippen molar-refractivity contribution in [2.75, 3.05) is 0 Å². The quantitative estimate of drug-likeness (QED) is 0.661. The number of nitro groups is 1. The highest BCUT2D eigenvalue weighted by Gasteiger charge is 2.19. The number of benzene rings is 1. The van der Waals surface area contributed by atoms with Crippen molar-refractivity contribution in [1.82, 2.24) is 5.32 Å². The highest BCUT2D eigenvalue weighted by Crippen LogP contribution is 2.27. The van der Waals surface area contributed by atoms with Gasteiger partial charge in [0.15, 0.2) is 0 Å². The number of rotatable bonds is 5. The molecule has 5 heteroatoms. The Morgan fingerprint density at radius 3 is 2.53 bits per heavy atom. The molecule has 0 saturated heterocycles. The summed E-state index contributed by atoms with van der Waals surface area (Å²) in [5.74, 6) is 0. The predicted molar refractivity (Wildman–Crippen MR) is 77.4 cm³/mol. The van der Waals surface area contributed by atoms with Crippen LogP contribution in [0.4, 0.5) is 5.69 Å². The van der Waals surface area contributed by atoms with E-state index in [1.165, 1.54) is 4.88 Å². The maximum absolute atomic E-state index is 11.0. The highest BCUT2D eigenvalue weighted by atomic mass is 32.1. The standard InChI is InChI=1S/C14H16N2O2S/c1-10(15-11(2)14-8-5-9-19-14)12-6-3-4-7-13(12)16(17)18/h3-11,15H,1-2H3/t10?,11-/m0/s1. The summed E-state index contributed by atoms with van der Waals surface area (Å²) in [6.45, 7) is 4.02. The molecule has 0 spiro atoms. The van der Waals surface area contributed by atoms with Gasteiger partial charge in [0.05, 0.1) is 4.92 Å². The molecule has 0 bridgehead atoms. The van der Waals surface area contributed by atoms with E-state index in [2.05, 4.69) is 18.3 Å². The third-order valence-electron chi connectivity index (χ3n) is 3.07. The van der Waals surface area contributed by atoms with Gasteiger partial charge in [0.2, 0.25) is 0 Å². The van der Waals surface area contributed by atoms with Crippen LogP contribution in [-0.4, -0.2) is 4.92 Å². The third-order valence-corrected chi connectivity index (χ3v) is 4.12. The largest absolute Gasteiger partial charge is 0.303 e. The molecule has 1 unspecified atom stereocenters. The van der Waals surface area contributed by atoms with E-state index in [-0.39, 0.29) is 22.7 Å². The molecule has 2 aromatic rings. The Hall–Kier alpha value is -1.72. The molecule has 0 aliphatic rings. The maximum atomic E-state index is 11.0. The Bertz CT molecular complexity index is 554. The number of para-hydroxylation sites is 1. The summed E-state index contributed by atoms with van der Waals surface area (Å²) in [5.41, 5.74) is 0.886. The average Bonchev–Trinajstić information content (AvgIpc) is 2.92. The van der Waals surface area contributed by atoms with Crippen LogP contribution in [0.3, 0.4) is 0 Å². The molecule has 0 radical (unpaired) electrons. The summed E-state index contributed by atoms with van der Waals surface area (Å²) in [4.78, 5) is 11.9. The van der Waals surface area contributed by atoms with Gasteiger partial charge in [-0.3, -0.25) is 10.1 Å². The Kier molecular flexibility index (Phi) is 4.29. The molecule has 1 aromatic carbocycles. The first kappa shape index (κ1) is 13.7. The van der Waals surface area contributed by atoms with Crippen molar-refractivity contribution in [2.24, 2.45) is 0 Å². The van der Waals surface area contributed by atoms with Gasteiger partial charge in [0, 0.05) is 28.6 Å². The number of hydrogen-bond donors (Lipinski definition) is 1. The number of nitro benzene ring substituents is 1. The summed E-state index contributed by atoms with van der Waals surface area (Å²) in [7, 11) is 0. The van der Waals surface area contributed by atoms with Gasteiger partial charge in [0.1, 0.15) is 0 Å². The Morgan fingerprint density at radius 2 is 1.89 bits per heavy atom. The first-order valence-corrected chi connectivity index (χ1v) is 7.00. The predicted octanol–water partition coefficient (Wildman–Crippen LogP) is 4.07. The summed E-state index contributed by atoms with van der Waals surface area (Å²) in [6, 6.07) is 11.0. The molecule has 1 aromatic heterocycles. The van der Waals surface area contributed by atoms with E-state index in [0.717, 1.165) is 5.56 Å². The minimum atomic E-state index is -0.330. The minimum Gasteiger partial charge on any atom is -0.303 e. The maximum Gasteiger partial charge on any atom is 0.274 e. The van der Waals surface area contributed by atoms with E-state index < -0.39 is 0 Å². The van der Waals surface area contributed by atoms with Crippen LogP contribution in [0.25, 0.3) is 0 Å². The average molecular weight is 276 g/mol. The molecule has 1 N–H and O–H groups in total. The van der Waals surface area contributed by atoms with Crippen LogP contribution in [0.2, 0.25) is 0 Å². The van der Waals surface area contributed by atoms with E-state index in [1.807, 2.05) is 24.4 Å². The monoisotopic (exact) mass is 276 g/mol. The fraction of sp³-hybridized carbons (Fsp3) is 0.286.